The Labute approximate surface area is 171 Å². The van der Waals surface area contributed by atoms with Crippen LogP contribution in [0, 0.1) is 0 Å². The molecule has 2 aliphatic rings. The van der Waals surface area contributed by atoms with Gasteiger partial charge in [0.1, 0.15) is 12.1 Å². The Morgan fingerprint density at radius 1 is 1.07 bits per heavy atom. The van der Waals surface area contributed by atoms with E-state index in [2.05, 4.69) is 48.3 Å². The summed E-state index contributed by atoms with van der Waals surface area (Å²) in [6, 6.07) is 6.16. The Morgan fingerprint density at radius 2 is 1.83 bits per heavy atom. The number of piperazine rings is 1. The van der Waals surface area contributed by atoms with E-state index in [0.29, 0.717) is 13.1 Å². The highest BCUT2D eigenvalue weighted by molar-refractivity contribution is 5.75. The number of nitrogens with zero attached hydrogens (tertiary/aromatic N) is 7. The number of amides is 2. The van der Waals surface area contributed by atoms with Gasteiger partial charge in [-0.15, -0.1) is 5.10 Å². The summed E-state index contributed by atoms with van der Waals surface area (Å²) in [4.78, 5) is 27.7. The van der Waals surface area contributed by atoms with Gasteiger partial charge in [-0.05, 0) is 31.4 Å². The van der Waals surface area contributed by atoms with Gasteiger partial charge in [0.15, 0.2) is 5.82 Å². The number of rotatable bonds is 4. The smallest absolute Gasteiger partial charge is 0.317 e. The predicted molar refractivity (Wildman–Crippen MR) is 111 cm³/mol. The number of hydrogen-bond donors (Lipinski definition) is 1. The summed E-state index contributed by atoms with van der Waals surface area (Å²) in [5, 5.41) is 11.3. The standard InChI is InChI=1S/C20H28N8O/c1-2-16-14-19(22-15-21-16)26-8-5-17(6-9-26)24-20(29)28-12-10-27(11-13-28)18-4-3-7-23-25-18/h3-4,7,14-15,17H,2,5-6,8-13H2,1H3,(H,24,29). The zero-order valence-electron chi connectivity index (χ0n) is 16.9. The number of aromatic nitrogens is 4. The van der Waals surface area contributed by atoms with Crippen LogP contribution in [0.5, 0.6) is 0 Å². The molecule has 9 nitrogen and oxygen atoms in total. The van der Waals surface area contributed by atoms with Gasteiger partial charge in [0.25, 0.3) is 0 Å². The van der Waals surface area contributed by atoms with Crippen LogP contribution in [0.25, 0.3) is 0 Å². The van der Waals surface area contributed by atoms with Gasteiger partial charge in [0.05, 0.1) is 0 Å². The molecular formula is C20H28N8O. The summed E-state index contributed by atoms with van der Waals surface area (Å²) in [5.41, 5.74) is 1.06. The molecule has 1 N–H and O–H groups in total. The average Bonchev–Trinajstić information content (AvgIpc) is 2.80. The van der Waals surface area contributed by atoms with E-state index < -0.39 is 0 Å². The quantitative estimate of drug-likeness (QED) is 0.834. The van der Waals surface area contributed by atoms with Crippen molar-refractivity contribution in [3.8, 4) is 0 Å². The van der Waals surface area contributed by atoms with Gasteiger partial charge in [-0.2, -0.15) is 5.10 Å². The molecule has 2 saturated heterocycles. The third-order valence-corrected chi connectivity index (χ3v) is 5.67. The van der Waals surface area contributed by atoms with E-state index in [9.17, 15) is 4.79 Å². The first-order valence-electron chi connectivity index (χ1n) is 10.4. The van der Waals surface area contributed by atoms with Crippen LogP contribution in [0.2, 0.25) is 0 Å². The molecule has 2 aliphatic heterocycles. The van der Waals surface area contributed by atoms with Crippen molar-refractivity contribution in [2.45, 2.75) is 32.2 Å². The fourth-order valence-corrected chi connectivity index (χ4v) is 3.87. The molecule has 9 heteroatoms. The van der Waals surface area contributed by atoms with Crippen LogP contribution >= 0.6 is 0 Å². The first-order valence-corrected chi connectivity index (χ1v) is 10.4. The van der Waals surface area contributed by atoms with Gasteiger partial charge in [0, 0.05) is 63.3 Å². The minimum Gasteiger partial charge on any atom is -0.356 e. The molecule has 154 valence electrons. The Morgan fingerprint density at radius 3 is 2.52 bits per heavy atom. The van der Waals surface area contributed by atoms with Crippen molar-refractivity contribution in [1.82, 2.24) is 30.4 Å². The highest BCUT2D eigenvalue weighted by Crippen LogP contribution is 2.19. The van der Waals surface area contributed by atoms with E-state index in [1.165, 1.54) is 0 Å². The molecule has 0 bridgehead atoms. The second kappa shape index (κ2) is 9.02. The summed E-state index contributed by atoms with van der Waals surface area (Å²) in [5.74, 6) is 1.86. The third kappa shape index (κ3) is 4.72. The van der Waals surface area contributed by atoms with Crippen molar-refractivity contribution in [2.24, 2.45) is 0 Å². The zero-order valence-corrected chi connectivity index (χ0v) is 16.9. The first kappa shape index (κ1) is 19.4. The number of anilines is 2. The number of carbonyl (C=O) groups is 1. The first-order chi connectivity index (χ1) is 14.2. The molecule has 2 aromatic heterocycles. The Balaban J connectivity index is 1.23. The van der Waals surface area contributed by atoms with Crippen LogP contribution in [0.4, 0.5) is 16.4 Å². The maximum atomic E-state index is 12.7. The molecule has 0 spiro atoms. The van der Waals surface area contributed by atoms with E-state index >= 15 is 0 Å². The molecule has 0 saturated carbocycles. The number of carbonyl (C=O) groups excluding carboxylic acids is 1. The van der Waals surface area contributed by atoms with Crippen molar-refractivity contribution in [3.05, 3.63) is 36.4 Å². The molecule has 0 atom stereocenters. The minimum atomic E-state index is 0.0394. The zero-order chi connectivity index (χ0) is 20.1. The summed E-state index contributed by atoms with van der Waals surface area (Å²) in [6.07, 6.45) is 6.08. The number of urea groups is 1. The maximum absolute atomic E-state index is 12.7. The molecule has 29 heavy (non-hydrogen) atoms. The van der Waals surface area contributed by atoms with E-state index in [0.717, 1.165) is 62.8 Å². The monoisotopic (exact) mass is 396 g/mol. The van der Waals surface area contributed by atoms with Crippen molar-refractivity contribution >= 4 is 17.7 Å². The molecule has 0 aromatic carbocycles. The largest absolute Gasteiger partial charge is 0.356 e. The van der Waals surface area contributed by atoms with E-state index in [1.807, 2.05) is 17.0 Å². The fourth-order valence-electron chi connectivity index (χ4n) is 3.87. The summed E-state index contributed by atoms with van der Waals surface area (Å²) < 4.78 is 0. The Bertz CT molecular complexity index is 801. The summed E-state index contributed by atoms with van der Waals surface area (Å²) in [6.45, 7) is 6.83. The van der Waals surface area contributed by atoms with Crippen molar-refractivity contribution in [3.63, 3.8) is 0 Å². The van der Waals surface area contributed by atoms with Crippen LogP contribution in [0.15, 0.2) is 30.7 Å². The van der Waals surface area contributed by atoms with E-state index in [1.54, 1.807) is 12.5 Å². The number of nitrogens with one attached hydrogen (secondary N) is 1. The summed E-state index contributed by atoms with van der Waals surface area (Å²) >= 11 is 0. The van der Waals surface area contributed by atoms with Gasteiger partial charge < -0.3 is 20.0 Å². The lowest BCUT2D eigenvalue weighted by atomic mass is 10.1. The number of aryl methyl sites for hydroxylation is 1. The lowest BCUT2D eigenvalue weighted by Crippen LogP contribution is -2.55. The SMILES string of the molecule is CCc1cc(N2CCC(NC(=O)N3CCN(c4cccnn4)CC3)CC2)ncn1. The minimum absolute atomic E-state index is 0.0394. The fraction of sp³-hybridized carbons (Fsp3) is 0.550. The molecule has 2 fully saturated rings. The van der Waals surface area contributed by atoms with Crippen LogP contribution in [-0.2, 0) is 6.42 Å². The topological polar surface area (TPSA) is 90.4 Å². The van der Waals surface area contributed by atoms with E-state index in [-0.39, 0.29) is 12.1 Å². The molecular weight excluding hydrogens is 368 g/mol. The van der Waals surface area contributed by atoms with Crippen LogP contribution in [0.1, 0.15) is 25.5 Å². The van der Waals surface area contributed by atoms with Crippen molar-refractivity contribution in [2.75, 3.05) is 49.1 Å². The molecule has 0 aliphatic carbocycles. The van der Waals surface area contributed by atoms with Gasteiger partial charge in [0.2, 0.25) is 0 Å². The van der Waals surface area contributed by atoms with Crippen LogP contribution < -0.4 is 15.1 Å². The third-order valence-electron chi connectivity index (χ3n) is 5.67. The maximum Gasteiger partial charge on any atom is 0.317 e. The number of piperidine rings is 1. The van der Waals surface area contributed by atoms with Gasteiger partial charge in [-0.25, -0.2) is 14.8 Å². The lowest BCUT2D eigenvalue weighted by Gasteiger charge is -2.37. The highest BCUT2D eigenvalue weighted by Gasteiger charge is 2.26. The summed E-state index contributed by atoms with van der Waals surface area (Å²) in [7, 11) is 0. The molecule has 2 aromatic rings. The van der Waals surface area contributed by atoms with Crippen molar-refractivity contribution < 1.29 is 4.79 Å². The molecule has 0 unspecified atom stereocenters. The predicted octanol–water partition coefficient (Wildman–Crippen LogP) is 1.33. The van der Waals surface area contributed by atoms with Gasteiger partial charge in [-0.1, -0.05) is 6.92 Å². The molecule has 0 radical (unpaired) electrons. The molecule has 4 rings (SSSR count). The molecule has 4 heterocycles. The van der Waals surface area contributed by atoms with Gasteiger partial charge in [-0.3, -0.25) is 0 Å². The normalized spacial score (nSPS) is 18.0. The van der Waals surface area contributed by atoms with Crippen LogP contribution in [0.3, 0.4) is 0 Å². The average molecular weight is 396 g/mol. The highest BCUT2D eigenvalue weighted by atomic mass is 16.2. The van der Waals surface area contributed by atoms with E-state index in [4.69, 9.17) is 0 Å². The molecule has 2 amide bonds. The van der Waals surface area contributed by atoms with Gasteiger partial charge >= 0.3 is 6.03 Å². The number of hydrogen-bond acceptors (Lipinski definition) is 7. The van der Waals surface area contributed by atoms with Crippen molar-refractivity contribution in [1.29, 1.82) is 0 Å². The lowest BCUT2D eigenvalue weighted by molar-refractivity contribution is 0.188. The Hall–Kier alpha value is -2.97. The second-order valence-electron chi connectivity index (χ2n) is 7.49. The second-order valence-corrected chi connectivity index (χ2v) is 7.49. The van der Waals surface area contributed by atoms with Crippen LogP contribution in [-0.4, -0.2) is 76.4 Å². The Kier molecular flexibility index (Phi) is 6.02.